The van der Waals surface area contributed by atoms with E-state index in [0.29, 0.717) is 6.42 Å². The molecule has 0 spiro atoms. The van der Waals surface area contributed by atoms with Gasteiger partial charge in [0, 0.05) is 4.88 Å². The Morgan fingerprint density at radius 2 is 2.12 bits per heavy atom. The van der Waals surface area contributed by atoms with Gasteiger partial charge in [0.2, 0.25) is 10.0 Å². The molecule has 0 aliphatic heterocycles. The first kappa shape index (κ1) is 14.5. The summed E-state index contributed by atoms with van der Waals surface area (Å²) in [5, 5.41) is 0. The van der Waals surface area contributed by atoms with Crippen molar-refractivity contribution in [3.8, 4) is 0 Å². The van der Waals surface area contributed by atoms with Gasteiger partial charge in [0.25, 0.3) is 5.92 Å². The van der Waals surface area contributed by atoms with Crippen molar-refractivity contribution in [2.75, 3.05) is 13.1 Å². The number of alkyl halides is 2. The van der Waals surface area contributed by atoms with Crippen LogP contribution in [-0.2, 0) is 16.4 Å². The number of halogens is 2. The van der Waals surface area contributed by atoms with Crippen molar-refractivity contribution in [3.63, 3.8) is 0 Å². The Balaban J connectivity index is 2.76. The third kappa shape index (κ3) is 3.98. The van der Waals surface area contributed by atoms with Gasteiger partial charge in [-0.05, 0) is 18.6 Å². The zero-order chi connectivity index (χ0) is 13.1. The highest BCUT2D eigenvalue weighted by atomic mass is 32.2. The molecule has 1 heterocycles. The van der Waals surface area contributed by atoms with Crippen LogP contribution in [0, 0.1) is 0 Å². The smallest absolute Gasteiger partial charge is 0.273 e. The monoisotopic (exact) mass is 284 g/mol. The Morgan fingerprint density at radius 1 is 1.47 bits per heavy atom. The van der Waals surface area contributed by atoms with E-state index in [1.165, 1.54) is 6.07 Å². The maximum Gasteiger partial charge on any atom is 0.273 e. The summed E-state index contributed by atoms with van der Waals surface area (Å²) in [5.41, 5.74) is 4.82. The van der Waals surface area contributed by atoms with Crippen molar-refractivity contribution in [2.45, 2.75) is 23.5 Å². The molecule has 0 saturated heterocycles. The van der Waals surface area contributed by atoms with Gasteiger partial charge in [-0.15, -0.1) is 11.3 Å². The lowest BCUT2D eigenvalue weighted by Gasteiger charge is -2.13. The lowest BCUT2D eigenvalue weighted by Crippen LogP contribution is -2.41. The highest BCUT2D eigenvalue weighted by molar-refractivity contribution is 7.91. The van der Waals surface area contributed by atoms with Gasteiger partial charge in [0.05, 0.1) is 13.1 Å². The fraction of sp³-hybridized carbons (Fsp3) is 0.556. The lowest BCUT2D eigenvalue weighted by atomic mass is 10.3. The van der Waals surface area contributed by atoms with E-state index in [1.54, 1.807) is 6.07 Å². The van der Waals surface area contributed by atoms with E-state index in [-0.39, 0.29) is 4.21 Å². The van der Waals surface area contributed by atoms with Crippen LogP contribution in [0.1, 0.15) is 11.8 Å². The summed E-state index contributed by atoms with van der Waals surface area (Å²) < 4.78 is 50.8. The molecule has 8 heteroatoms. The van der Waals surface area contributed by atoms with Gasteiger partial charge >= 0.3 is 0 Å². The molecule has 0 bridgehead atoms. The summed E-state index contributed by atoms with van der Waals surface area (Å²) in [6.07, 6.45) is 0.707. The van der Waals surface area contributed by atoms with Crippen molar-refractivity contribution in [1.29, 1.82) is 0 Å². The quantitative estimate of drug-likeness (QED) is 0.824. The van der Waals surface area contributed by atoms with Crippen LogP contribution < -0.4 is 10.5 Å². The minimum Gasteiger partial charge on any atom is -0.325 e. The number of hydrogen-bond donors (Lipinski definition) is 2. The summed E-state index contributed by atoms with van der Waals surface area (Å²) in [4.78, 5) is 0.885. The average molecular weight is 284 g/mol. The number of hydrogen-bond acceptors (Lipinski definition) is 4. The van der Waals surface area contributed by atoms with Crippen LogP contribution in [0.5, 0.6) is 0 Å². The van der Waals surface area contributed by atoms with Gasteiger partial charge in [-0.2, -0.15) is 0 Å². The molecule has 0 aliphatic carbocycles. The molecule has 0 atom stereocenters. The van der Waals surface area contributed by atoms with E-state index in [2.05, 4.69) is 0 Å². The summed E-state index contributed by atoms with van der Waals surface area (Å²) in [7, 11) is -3.86. The molecule has 0 fully saturated rings. The number of thiophene rings is 1. The van der Waals surface area contributed by atoms with E-state index in [0.717, 1.165) is 16.2 Å². The third-order valence-electron chi connectivity index (χ3n) is 2.07. The van der Waals surface area contributed by atoms with Gasteiger partial charge in [-0.25, -0.2) is 21.9 Å². The number of nitrogens with one attached hydrogen (secondary N) is 1. The molecule has 1 rings (SSSR count). The van der Waals surface area contributed by atoms with Gasteiger partial charge in [0.15, 0.2) is 0 Å². The topological polar surface area (TPSA) is 72.2 Å². The van der Waals surface area contributed by atoms with Crippen LogP contribution in [-0.4, -0.2) is 27.4 Å². The van der Waals surface area contributed by atoms with Crippen LogP contribution in [0.4, 0.5) is 8.78 Å². The minimum absolute atomic E-state index is 0.0437. The molecule has 1 aromatic heterocycles. The third-order valence-corrected chi connectivity index (χ3v) is 5.19. The zero-order valence-corrected chi connectivity index (χ0v) is 10.9. The van der Waals surface area contributed by atoms with Crippen molar-refractivity contribution >= 4 is 21.4 Å². The molecule has 0 radical (unpaired) electrons. The molecule has 0 unspecified atom stereocenters. The Bertz CT molecular complexity index is 471. The number of rotatable bonds is 6. The first-order valence-corrected chi connectivity index (χ1v) is 7.27. The predicted octanol–water partition coefficient (Wildman–Crippen LogP) is 1.18. The second kappa shape index (κ2) is 5.38. The summed E-state index contributed by atoms with van der Waals surface area (Å²) in [6.45, 7) is 0.0175. The van der Waals surface area contributed by atoms with E-state index >= 15 is 0 Å². The normalized spacial score (nSPS) is 12.9. The van der Waals surface area contributed by atoms with Crippen molar-refractivity contribution < 1.29 is 17.2 Å². The van der Waals surface area contributed by atoms with Crippen LogP contribution in [0.25, 0.3) is 0 Å². The Hall–Kier alpha value is -0.570. The summed E-state index contributed by atoms with van der Waals surface area (Å²) >= 11 is 1.07. The van der Waals surface area contributed by atoms with Gasteiger partial charge in [-0.3, -0.25) is 0 Å². The average Bonchev–Trinajstić information content (AvgIpc) is 2.76. The standard InChI is InChI=1S/C9H14F2N2O2S2/c1-2-7-3-4-8(16-7)17(14,15)13-6-9(10,11)5-12/h3-4,13H,2,5-6,12H2,1H3. The summed E-state index contributed by atoms with van der Waals surface area (Å²) in [6, 6.07) is 3.08. The van der Waals surface area contributed by atoms with Crippen LogP contribution in [0.2, 0.25) is 0 Å². The Morgan fingerprint density at radius 3 is 2.59 bits per heavy atom. The molecular formula is C9H14F2N2O2S2. The summed E-state index contributed by atoms with van der Waals surface area (Å²) in [5.74, 6) is -3.22. The van der Waals surface area contributed by atoms with Crippen molar-refractivity contribution in [2.24, 2.45) is 5.73 Å². The van der Waals surface area contributed by atoms with Crippen LogP contribution in [0.3, 0.4) is 0 Å². The van der Waals surface area contributed by atoms with E-state index in [9.17, 15) is 17.2 Å². The van der Waals surface area contributed by atoms with Crippen LogP contribution >= 0.6 is 11.3 Å². The van der Waals surface area contributed by atoms with E-state index < -0.39 is 29.0 Å². The van der Waals surface area contributed by atoms with Gasteiger partial charge < -0.3 is 5.73 Å². The highest BCUT2D eigenvalue weighted by Gasteiger charge is 2.29. The molecular weight excluding hydrogens is 270 g/mol. The molecule has 4 nitrogen and oxygen atoms in total. The highest BCUT2D eigenvalue weighted by Crippen LogP contribution is 2.22. The second-order valence-corrected chi connectivity index (χ2v) is 6.62. The molecule has 17 heavy (non-hydrogen) atoms. The van der Waals surface area contributed by atoms with Gasteiger partial charge in [-0.1, -0.05) is 6.92 Å². The number of aryl methyl sites for hydroxylation is 1. The van der Waals surface area contributed by atoms with Crippen LogP contribution in [0.15, 0.2) is 16.3 Å². The fourth-order valence-electron chi connectivity index (χ4n) is 1.04. The fourth-order valence-corrected chi connectivity index (χ4v) is 3.44. The first-order chi connectivity index (χ1) is 7.80. The largest absolute Gasteiger partial charge is 0.325 e. The molecule has 0 aromatic carbocycles. The molecule has 98 valence electrons. The molecule has 1 aromatic rings. The maximum absolute atomic E-state index is 12.8. The number of nitrogens with two attached hydrogens (primary N) is 1. The second-order valence-electron chi connectivity index (χ2n) is 3.46. The molecule has 0 saturated carbocycles. The van der Waals surface area contributed by atoms with Crippen molar-refractivity contribution in [3.05, 3.63) is 17.0 Å². The Kier molecular flexibility index (Phi) is 4.59. The molecule has 0 aliphatic rings. The zero-order valence-electron chi connectivity index (χ0n) is 9.24. The number of sulfonamides is 1. The molecule has 3 N–H and O–H groups in total. The Labute approximate surface area is 103 Å². The molecule has 0 amide bonds. The maximum atomic E-state index is 12.8. The SMILES string of the molecule is CCc1ccc(S(=O)(=O)NCC(F)(F)CN)s1. The van der Waals surface area contributed by atoms with E-state index in [4.69, 9.17) is 5.73 Å². The lowest BCUT2D eigenvalue weighted by molar-refractivity contribution is 0.0170. The van der Waals surface area contributed by atoms with E-state index in [1.807, 2.05) is 11.6 Å². The van der Waals surface area contributed by atoms with Crippen molar-refractivity contribution in [1.82, 2.24) is 4.72 Å². The predicted molar refractivity (Wildman–Crippen MR) is 62.9 cm³/mol. The van der Waals surface area contributed by atoms with Gasteiger partial charge in [0.1, 0.15) is 4.21 Å². The first-order valence-electron chi connectivity index (χ1n) is 4.97. The minimum atomic E-state index is -3.86.